The van der Waals surface area contributed by atoms with Gasteiger partial charge in [0, 0.05) is 24.8 Å². The summed E-state index contributed by atoms with van der Waals surface area (Å²) in [5, 5.41) is 11.4. The molecule has 0 aliphatic carbocycles. The van der Waals surface area contributed by atoms with Gasteiger partial charge >= 0.3 is 12.6 Å². The molecule has 1 aromatic carbocycles. The average molecular weight is 327 g/mol. The molecule has 2 amide bonds. The molecular weight excluding hydrogens is 308 g/mol. The largest absolute Gasteiger partial charge is 0.493 e. The van der Waals surface area contributed by atoms with Crippen molar-refractivity contribution in [2.24, 2.45) is 5.92 Å². The van der Waals surface area contributed by atoms with Gasteiger partial charge in [0.05, 0.1) is 19.1 Å². The normalized spacial score (nSPS) is 11.5. The highest BCUT2D eigenvalue weighted by Crippen LogP contribution is 2.31. The van der Waals surface area contributed by atoms with E-state index in [4.69, 9.17) is 10.00 Å². The standard InChI is InChI=1S/C15H19F2N3O3/c1-4-20(9-10(2)8-18)15(21)19-11-5-6-12(22-3)13(7-11)23-14(16)17/h5-7,10,14H,4,9H2,1-3H3,(H,19,21). The first kappa shape index (κ1) is 18.5. The van der Waals surface area contributed by atoms with Gasteiger partial charge in [0.25, 0.3) is 0 Å². The van der Waals surface area contributed by atoms with Crippen LogP contribution in [0.1, 0.15) is 13.8 Å². The highest BCUT2D eigenvalue weighted by Gasteiger charge is 2.16. The summed E-state index contributed by atoms with van der Waals surface area (Å²) in [6.07, 6.45) is 0. The number of benzene rings is 1. The molecule has 0 saturated carbocycles. The number of carbonyl (C=O) groups excluding carboxylic acids is 1. The number of urea groups is 1. The maximum atomic E-state index is 12.4. The molecule has 126 valence electrons. The molecule has 1 unspecified atom stereocenters. The second-order valence-electron chi connectivity index (χ2n) is 4.74. The summed E-state index contributed by atoms with van der Waals surface area (Å²) in [7, 11) is 1.33. The van der Waals surface area contributed by atoms with Gasteiger partial charge in [0.1, 0.15) is 0 Å². The first-order valence-corrected chi connectivity index (χ1v) is 6.99. The first-order chi connectivity index (χ1) is 10.9. The number of amides is 2. The monoisotopic (exact) mass is 327 g/mol. The molecule has 8 heteroatoms. The first-order valence-electron chi connectivity index (χ1n) is 6.99. The minimum atomic E-state index is -3.00. The van der Waals surface area contributed by atoms with Crippen molar-refractivity contribution in [3.8, 4) is 17.6 Å². The van der Waals surface area contributed by atoms with Gasteiger partial charge < -0.3 is 19.7 Å². The number of halogens is 2. The maximum absolute atomic E-state index is 12.4. The van der Waals surface area contributed by atoms with Crippen LogP contribution in [0.15, 0.2) is 18.2 Å². The molecular formula is C15H19F2N3O3. The van der Waals surface area contributed by atoms with Crippen molar-refractivity contribution in [2.45, 2.75) is 20.5 Å². The number of methoxy groups -OCH3 is 1. The summed E-state index contributed by atoms with van der Waals surface area (Å²) in [4.78, 5) is 13.6. The van der Waals surface area contributed by atoms with Crippen LogP contribution in [0.5, 0.6) is 11.5 Å². The molecule has 23 heavy (non-hydrogen) atoms. The number of nitriles is 1. The van der Waals surface area contributed by atoms with Crippen molar-refractivity contribution < 1.29 is 23.0 Å². The number of nitrogens with zero attached hydrogens (tertiary/aromatic N) is 2. The summed E-state index contributed by atoms with van der Waals surface area (Å²) in [5.74, 6) is -0.350. The van der Waals surface area contributed by atoms with Crippen LogP contribution < -0.4 is 14.8 Å². The van der Waals surface area contributed by atoms with Crippen molar-refractivity contribution in [1.29, 1.82) is 5.26 Å². The minimum absolute atomic E-state index is 0.133. The third-order valence-electron chi connectivity index (χ3n) is 3.01. The van der Waals surface area contributed by atoms with Crippen LogP contribution in [-0.4, -0.2) is 37.7 Å². The number of rotatable bonds is 7. The molecule has 0 heterocycles. The van der Waals surface area contributed by atoms with E-state index in [1.54, 1.807) is 13.8 Å². The lowest BCUT2D eigenvalue weighted by Gasteiger charge is -2.22. The Morgan fingerprint density at radius 1 is 1.43 bits per heavy atom. The maximum Gasteiger partial charge on any atom is 0.387 e. The number of nitrogens with one attached hydrogen (secondary N) is 1. The highest BCUT2D eigenvalue weighted by atomic mass is 19.3. The number of alkyl halides is 2. The number of ether oxygens (including phenoxy) is 2. The lowest BCUT2D eigenvalue weighted by molar-refractivity contribution is -0.0511. The molecule has 0 aliphatic heterocycles. The third-order valence-corrected chi connectivity index (χ3v) is 3.01. The number of hydrogen-bond donors (Lipinski definition) is 1. The van der Waals surface area contributed by atoms with Crippen molar-refractivity contribution in [2.75, 3.05) is 25.5 Å². The molecule has 1 aromatic rings. The van der Waals surface area contributed by atoms with Gasteiger partial charge in [-0.15, -0.1) is 0 Å². The molecule has 0 bridgehead atoms. The Morgan fingerprint density at radius 2 is 2.13 bits per heavy atom. The van der Waals surface area contributed by atoms with Crippen molar-refractivity contribution in [3.63, 3.8) is 0 Å². The summed E-state index contributed by atoms with van der Waals surface area (Å²) in [6, 6.07) is 5.81. The van der Waals surface area contributed by atoms with Crippen LogP contribution in [0, 0.1) is 17.2 Å². The van der Waals surface area contributed by atoms with Crippen LogP contribution in [0.3, 0.4) is 0 Å². The zero-order valence-electron chi connectivity index (χ0n) is 13.2. The van der Waals surface area contributed by atoms with Gasteiger partial charge in [-0.2, -0.15) is 14.0 Å². The Balaban J connectivity index is 2.86. The number of anilines is 1. The van der Waals surface area contributed by atoms with Crippen LogP contribution in [0.2, 0.25) is 0 Å². The number of hydrogen-bond acceptors (Lipinski definition) is 4. The summed E-state index contributed by atoms with van der Waals surface area (Å²) in [5.41, 5.74) is 0.287. The molecule has 6 nitrogen and oxygen atoms in total. The van der Waals surface area contributed by atoms with Crippen LogP contribution in [0.25, 0.3) is 0 Å². The van der Waals surface area contributed by atoms with Gasteiger partial charge in [-0.05, 0) is 26.0 Å². The topological polar surface area (TPSA) is 74.6 Å². The highest BCUT2D eigenvalue weighted by molar-refractivity contribution is 5.89. The van der Waals surface area contributed by atoms with E-state index in [2.05, 4.69) is 16.1 Å². The van der Waals surface area contributed by atoms with E-state index in [-0.39, 0.29) is 29.6 Å². The molecule has 0 saturated heterocycles. The lowest BCUT2D eigenvalue weighted by atomic mass is 10.2. The van der Waals surface area contributed by atoms with E-state index in [1.807, 2.05) is 0 Å². The van der Waals surface area contributed by atoms with Gasteiger partial charge in [-0.25, -0.2) is 4.79 Å². The van der Waals surface area contributed by atoms with Gasteiger partial charge in [-0.3, -0.25) is 0 Å². The molecule has 1 atom stereocenters. The molecule has 0 radical (unpaired) electrons. The van der Waals surface area contributed by atoms with Gasteiger partial charge in [0.15, 0.2) is 11.5 Å². The second kappa shape index (κ2) is 8.78. The Bertz CT molecular complexity index is 576. The summed E-state index contributed by atoms with van der Waals surface area (Å²) >= 11 is 0. The second-order valence-corrected chi connectivity index (χ2v) is 4.74. The smallest absolute Gasteiger partial charge is 0.387 e. The van der Waals surface area contributed by atoms with Gasteiger partial charge in [-0.1, -0.05) is 0 Å². The zero-order chi connectivity index (χ0) is 17.4. The molecule has 0 aromatic heterocycles. The van der Waals surface area contributed by atoms with E-state index in [0.29, 0.717) is 6.54 Å². The third kappa shape index (κ3) is 5.62. The molecule has 1 N–H and O–H groups in total. The zero-order valence-corrected chi connectivity index (χ0v) is 13.2. The predicted octanol–water partition coefficient (Wildman–Crippen LogP) is 3.31. The molecule has 1 rings (SSSR count). The summed E-state index contributed by atoms with van der Waals surface area (Å²) < 4.78 is 34.1. The minimum Gasteiger partial charge on any atom is -0.493 e. The Labute approximate surface area is 133 Å². The fraction of sp³-hybridized carbons (Fsp3) is 0.467. The van der Waals surface area contributed by atoms with Crippen molar-refractivity contribution in [3.05, 3.63) is 18.2 Å². The SMILES string of the molecule is CCN(CC(C)C#N)C(=O)Nc1ccc(OC)c(OC(F)F)c1. The molecule has 0 fully saturated rings. The molecule has 0 spiro atoms. The van der Waals surface area contributed by atoms with Crippen LogP contribution >= 0.6 is 0 Å². The molecule has 0 aliphatic rings. The van der Waals surface area contributed by atoms with E-state index >= 15 is 0 Å². The average Bonchev–Trinajstić information content (AvgIpc) is 2.51. The number of carbonyl (C=O) groups is 1. The van der Waals surface area contributed by atoms with E-state index in [9.17, 15) is 13.6 Å². The summed E-state index contributed by atoms with van der Waals surface area (Å²) in [6.45, 7) is 1.17. The van der Waals surface area contributed by atoms with Gasteiger partial charge in [0.2, 0.25) is 0 Å². The van der Waals surface area contributed by atoms with E-state index in [0.717, 1.165) is 0 Å². The Hall–Kier alpha value is -2.56. The fourth-order valence-electron chi connectivity index (χ4n) is 1.87. The Morgan fingerprint density at radius 3 is 2.65 bits per heavy atom. The fourth-order valence-corrected chi connectivity index (χ4v) is 1.87. The quantitative estimate of drug-likeness (QED) is 0.834. The van der Waals surface area contributed by atoms with Crippen molar-refractivity contribution >= 4 is 11.7 Å². The lowest BCUT2D eigenvalue weighted by Crippen LogP contribution is -2.37. The van der Waals surface area contributed by atoms with Crippen LogP contribution in [-0.2, 0) is 0 Å². The van der Waals surface area contributed by atoms with E-state index in [1.165, 1.54) is 30.2 Å². The van der Waals surface area contributed by atoms with Crippen molar-refractivity contribution in [1.82, 2.24) is 4.90 Å². The van der Waals surface area contributed by atoms with E-state index < -0.39 is 12.6 Å². The van der Waals surface area contributed by atoms with Crippen LogP contribution in [0.4, 0.5) is 19.3 Å². The Kier molecular flexibility index (Phi) is 7.06. The predicted molar refractivity (Wildman–Crippen MR) is 80.7 cm³/mol.